The second kappa shape index (κ2) is 6.41. The minimum Gasteiger partial charge on any atom is -0.350 e. The van der Waals surface area contributed by atoms with Gasteiger partial charge in [0.25, 0.3) is 17.7 Å². The molecular formula is C17H12ClFN2O3. The van der Waals surface area contributed by atoms with Crippen molar-refractivity contribution in [2.24, 2.45) is 0 Å². The molecule has 3 amide bonds. The second-order valence-corrected chi connectivity index (χ2v) is 5.60. The number of rotatable bonds is 4. The second-order valence-electron chi connectivity index (χ2n) is 5.19. The number of amides is 3. The molecule has 1 aliphatic heterocycles. The molecule has 0 saturated carbocycles. The quantitative estimate of drug-likeness (QED) is 0.865. The van der Waals surface area contributed by atoms with Gasteiger partial charge in [0.05, 0.1) is 16.1 Å². The van der Waals surface area contributed by atoms with Crippen LogP contribution < -0.4 is 5.32 Å². The number of carbonyl (C=O) groups excluding carboxylic acids is 3. The molecule has 24 heavy (non-hydrogen) atoms. The van der Waals surface area contributed by atoms with Gasteiger partial charge >= 0.3 is 0 Å². The smallest absolute Gasteiger partial charge is 0.263 e. The number of nitrogens with zero attached hydrogens (tertiary/aromatic N) is 1. The van der Waals surface area contributed by atoms with Gasteiger partial charge in [-0.15, -0.1) is 0 Å². The minimum absolute atomic E-state index is 0.00370. The monoisotopic (exact) mass is 346 g/mol. The van der Waals surface area contributed by atoms with Crippen molar-refractivity contribution in [1.29, 1.82) is 0 Å². The highest BCUT2D eigenvalue weighted by Gasteiger charge is 2.36. The van der Waals surface area contributed by atoms with Gasteiger partial charge in [0.2, 0.25) is 0 Å². The molecule has 2 aromatic rings. The van der Waals surface area contributed by atoms with E-state index in [1.807, 2.05) is 0 Å². The Morgan fingerprint density at radius 2 is 1.88 bits per heavy atom. The molecule has 1 aliphatic rings. The lowest BCUT2D eigenvalue weighted by Gasteiger charge is -2.14. The number of halogens is 2. The number of hydrogen-bond donors (Lipinski definition) is 1. The molecule has 1 heterocycles. The van der Waals surface area contributed by atoms with Gasteiger partial charge in [0.15, 0.2) is 0 Å². The molecule has 0 fully saturated rings. The average Bonchev–Trinajstić information content (AvgIpc) is 2.80. The Morgan fingerprint density at radius 3 is 2.58 bits per heavy atom. The largest absolute Gasteiger partial charge is 0.350 e. The van der Waals surface area contributed by atoms with Crippen molar-refractivity contribution in [3.63, 3.8) is 0 Å². The first-order valence-electron chi connectivity index (χ1n) is 7.17. The van der Waals surface area contributed by atoms with Gasteiger partial charge in [-0.05, 0) is 30.3 Å². The lowest BCUT2D eigenvalue weighted by atomic mass is 10.1. The Kier molecular flexibility index (Phi) is 4.31. The van der Waals surface area contributed by atoms with Crippen LogP contribution in [0.5, 0.6) is 0 Å². The van der Waals surface area contributed by atoms with Crippen LogP contribution in [0.1, 0.15) is 31.1 Å². The van der Waals surface area contributed by atoms with Crippen molar-refractivity contribution in [3.8, 4) is 0 Å². The molecule has 0 atom stereocenters. The Bertz CT molecular complexity index is 853. The Balaban J connectivity index is 1.64. The zero-order valence-electron chi connectivity index (χ0n) is 12.4. The van der Waals surface area contributed by atoms with E-state index in [-0.39, 0.29) is 34.8 Å². The third-order valence-electron chi connectivity index (χ3n) is 3.66. The first-order chi connectivity index (χ1) is 11.5. The lowest BCUT2D eigenvalue weighted by Crippen LogP contribution is -2.38. The minimum atomic E-state index is -0.516. The number of carbonyl (C=O) groups is 3. The molecule has 0 saturated heterocycles. The van der Waals surface area contributed by atoms with Gasteiger partial charge in [0, 0.05) is 18.7 Å². The topological polar surface area (TPSA) is 66.5 Å². The summed E-state index contributed by atoms with van der Waals surface area (Å²) in [5.41, 5.74) is 0.602. The van der Waals surface area contributed by atoms with Crippen LogP contribution in [0.25, 0.3) is 0 Å². The third kappa shape index (κ3) is 2.88. The van der Waals surface area contributed by atoms with Crippen LogP contribution in [0.4, 0.5) is 4.39 Å². The van der Waals surface area contributed by atoms with E-state index in [1.54, 1.807) is 12.1 Å². The van der Waals surface area contributed by atoms with E-state index in [0.717, 1.165) is 11.0 Å². The molecule has 7 heteroatoms. The molecule has 122 valence electrons. The van der Waals surface area contributed by atoms with E-state index >= 15 is 0 Å². The van der Waals surface area contributed by atoms with Crippen molar-refractivity contribution in [2.75, 3.05) is 13.1 Å². The summed E-state index contributed by atoms with van der Waals surface area (Å²) in [6.07, 6.45) is 0. The van der Waals surface area contributed by atoms with Gasteiger partial charge in [0.1, 0.15) is 5.82 Å². The summed E-state index contributed by atoms with van der Waals surface area (Å²) >= 11 is 5.97. The van der Waals surface area contributed by atoms with E-state index in [4.69, 9.17) is 11.6 Å². The SMILES string of the molecule is O=C(NCCN1C(=O)c2cccc(Cl)c2C1=O)c1cccc(F)c1. The first-order valence-corrected chi connectivity index (χ1v) is 7.55. The Hall–Kier alpha value is -2.73. The molecule has 0 bridgehead atoms. The highest BCUT2D eigenvalue weighted by atomic mass is 35.5. The molecule has 0 spiro atoms. The lowest BCUT2D eigenvalue weighted by molar-refractivity contribution is 0.0650. The molecule has 5 nitrogen and oxygen atoms in total. The van der Waals surface area contributed by atoms with Crippen LogP contribution in [0.15, 0.2) is 42.5 Å². The number of nitrogens with one attached hydrogen (secondary N) is 1. The van der Waals surface area contributed by atoms with Crippen LogP contribution in [-0.4, -0.2) is 35.7 Å². The van der Waals surface area contributed by atoms with Crippen molar-refractivity contribution < 1.29 is 18.8 Å². The summed E-state index contributed by atoms with van der Waals surface area (Å²) in [5, 5.41) is 2.77. The zero-order chi connectivity index (χ0) is 17.3. The van der Waals surface area contributed by atoms with E-state index in [9.17, 15) is 18.8 Å². The summed E-state index contributed by atoms with van der Waals surface area (Å²) in [5.74, 6) is -1.93. The summed E-state index contributed by atoms with van der Waals surface area (Å²) < 4.78 is 13.1. The van der Waals surface area contributed by atoms with Crippen molar-refractivity contribution in [2.45, 2.75) is 0 Å². The van der Waals surface area contributed by atoms with Crippen LogP contribution in [0, 0.1) is 5.82 Å². The molecule has 0 radical (unpaired) electrons. The fraction of sp³-hybridized carbons (Fsp3) is 0.118. The predicted octanol–water partition coefficient (Wildman–Crippen LogP) is 2.51. The van der Waals surface area contributed by atoms with Gasteiger partial charge in [-0.1, -0.05) is 23.7 Å². The number of imide groups is 1. The predicted molar refractivity (Wildman–Crippen MR) is 85.6 cm³/mol. The average molecular weight is 347 g/mol. The first kappa shape index (κ1) is 16.1. The molecule has 1 N–H and O–H groups in total. The number of benzene rings is 2. The van der Waals surface area contributed by atoms with Crippen molar-refractivity contribution in [1.82, 2.24) is 10.2 Å². The molecular weight excluding hydrogens is 335 g/mol. The maximum absolute atomic E-state index is 13.1. The van der Waals surface area contributed by atoms with Crippen LogP contribution in [0.3, 0.4) is 0 Å². The van der Waals surface area contributed by atoms with Gasteiger partial charge in [-0.3, -0.25) is 19.3 Å². The van der Waals surface area contributed by atoms with Crippen molar-refractivity contribution in [3.05, 3.63) is 70.0 Å². The van der Waals surface area contributed by atoms with Crippen LogP contribution in [0.2, 0.25) is 5.02 Å². The maximum atomic E-state index is 13.1. The van der Waals surface area contributed by atoms with E-state index in [1.165, 1.54) is 24.3 Å². The normalized spacial score (nSPS) is 13.2. The molecule has 0 aliphatic carbocycles. The van der Waals surface area contributed by atoms with E-state index in [2.05, 4.69) is 5.32 Å². The fourth-order valence-corrected chi connectivity index (χ4v) is 2.76. The summed E-state index contributed by atoms with van der Waals surface area (Å²) in [6.45, 7) is 0.0577. The molecule has 2 aromatic carbocycles. The standard InChI is InChI=1S/C17H12ClFN2O3/c18-13-6-2-5-12-14(13)17(24)21(16(12)23)8-7-20-15(22)10-3-1-4-11(19)9-10/h1-6,9H,7-8H2,(H,20,22). The summed E-state index contributed by atoms with van der Waals surface area (Å²) in [4.78, 5) is 37.5. The highest BCUT2D eigenvalue weighted by molar-refractivity contribution is 6.37. The van der Waals surface area contributed by atoms with Crippen LogP contribution >= 0.6 is 11.6 Å². The molecule has 0 unspecified atom stereocenters. The Morgan fingerprint density at radius 1 is 1.12 bits per heavy atom. The van der Waals surface area contributed by atoms with E-state index < -0.39 is 23.5 Å². The number of fused-ring (bicyclic) bond motifs is 1. The summed E-state index contributed by atoms with van der Waals surface area (Å²) in [7, 11) is 0. The van der Waals surface area contributed by atoms with Gasteiger partial charge < -0.3 is 5.32 Å². The molecule has 3 rings (SSSR count). The third-order valence-corrected chi connectivity index (χ3v) is 3.97. The number of hydrogen-bond acceptors (Lipinski definition) is 3. The van der Waals surface area contributed by atoms with Crippen molar-refractivity contribution >= 4 is 29.3 Å². The molecule has 0 aromatic heterocycles. The highest BCUT2D eigenvalue weighted by Crippen LogP contribution is 2.28. The zero-order valence-corrected chi connectivity index (χ0v) is 13.1. The van der Waals surface area contributed by atoms with Crippen LogP contribution in [-0.2, 0) is 0 Å². The van der Waals surface area contributed by atoms with E-state index in [0.29, 0.717) is 0 Å². The fourth-order valence-electron chi connectivity index (χ4n) is 2.51. The summed E-state index contributed by atoms with van der Waals surface area (Å²) in [6, 6.07) is 9.92. The maximum Gasteiger partial charge on any atom is 0.263 e. The van der Waals surface area contributed by atoms with Gasteiger partial charge in [-0.25, -0.2) is 4.39 Å². The Labute approximate surface area is 142 Å². The van der Waals surface area contributed by atoms with Gasteiger partial charge in [-0.2, -0.15) is 0 Å².